The number of hydrogen-bond donors (Lipinski definition) is 1. The molecule has 1 amide bonds. The van der Waals surface area contributed by atoms with Crippen molar-refractivity contribution >= 4 is 5.91 Å². The Bertz CT molecular complexity index is 362. The molecule has 0 heterocycles. The van der Waals surface area contributed by atoms with Crippen molar-refractivity contribution in [3.8, 4) is 0 Å². The van der Waals surface area contributed by atoms with Crippen molar-refractivity contribution in [3.63, 3.8) is 0 Å². The number of primary amides is 1. The van der Waals surface area contributed by atoms with Gasteiger partial charge in [0, 0.05) is 19.3 Å². The zero-order valence-electron chi connectivity index (χ0n) is 8.55. The number of nitrogens with two attached hydrogens (primary N) is 1. The molecule has 0 fully saturated rings. The van der Waals surface area contributed by atoms with Gasteiger partial charge in [0.25, 0.3) is 5.92 Å². The minimum atomic E-state index is -2.99. The second kappa shape index (κ2) is 5.01. The van der Waals surface area contributed by atoms with Gasteiger partial charge in [0.15, 0.2) is 0 Å². The van der Waals surface area contributed by atoms with E-state index in [-0.39, 0.29) is 6.42 Å². The molecule has 88 valence electrons. The van der Waals surface area contributed by atoms with Crippen LogP contribution in [0.25, 0.3) is 0 Å². The molecule has 1 rings (SSSR count). The average Bonchev–Trinajstić information content (AvgIpc) is 2.19. The molecule has 16 heavy (non-hydrogen) atoms. The third-order valence-corrected chi connectivity index (χ3v) is 2.11. The van der Waals surface area contributed by atoms with Crippen molar-refractivity contribution in [1.82, 2.24) is 0 Å². The van der Waals surface area contributed by atoms with Crippen molar-refractivity contribution in [2.24, 2.45) is 5.73 Å². The Morgan fingerprint density at radius 3 is 2.31 bits per heavy atom. The average molecular weight is 231 g/mol. The van der Waals surface area contributed by atoms with Gasteiger partial charge in [-0.3, -0.25) is 4.79 Å². The van der Waals surface area contributed by atoms with Gasteiger partial charge < -0.3 is 5.73 Å². The Hall–Kier alpha value is -1.52. The lowest BCUT2D eigenvalue weighted by atomic mass is 10.0. The molecule has 0 saturated carbocycles. The summed E-state index contributed by atoms with van der Waals surface area (Å²) in [5.41, 5.74) is 5.12. The van der Waals surface area contributed by atoms with E-state index in [1.807, 2.05) is 0 Å². The normalized spacial score (nSPS) is 11.4. The molecule has 0 aromatic heterocycles. The smallest absolute Gasteiger partial charge is 0.252 e. The monoisotopic (exact) mass is 231 g/mol. The van der Waals surface area contributed by atoms with Gasteiger partial charge in [-0.15, -0.1) is 0 Å². The molecule has 0 aliphatic rings. The van der Waals surface area contributed by atoms with Crippen molar-refractivity contribution in [3.05, 3.63) is 35.6 Å². The summed E-state index contributed by atoms with van der Waals surface area (Å²) in [4.78, 5) is 10.4. The molecule has 0 atom stereocenters. The van der Waals surface area contributed by atoms with E-state index in [9.17, 15) is 18.0 Å². The summed E-state index contributed by atoms with van der Waals surface area (Å²) in [6, 6.07) is 4.85. The van der Waals surface area contributed by atoms with Gasteiger partial charge in [-0.1, -0.05) is 12.1 Å². The predicted octanol–water partition coefficient (Wildman–Crippen LogP) is 2.27. The standard InChI is InChI=1S/C11H12F3NO/c12-9-3-1-8(2-4-9)7-11(13,14)6-5-10(15)16/h1-4H,5-7H2,(H2,15,16). The fourth-order valence-electron chi connectivity index (χ4n) is 1.30. The molecule has 0 aliphatic heterocycles. The van der Waals surface area contributed by atoms with Crippen LogP contribution < -0.4 is 5.73 Å². The van der Waals surface area contributed by atoms with Crippen LogP contribution in [0.4, 0.5) is 13.2 Å². The first-order valence-electron chi connectivity index (χ1n) is 4.80. The Balaban J connectivity index is 2.57. The summed E-state index contributed by atoms with van der Waals surface area (Å²) in [5, 5.41) is 0. The van der Waals surface area contributed by atoms with Gasteiger partial charge in [0.1, 0.15) is 5.82 Å². The highest BCUT2D eigenvalue weighted by Crippen LogP contribution is 2.25. The summed E-state index contributed by atoms with van der Waals surface area (Å²) >= 11 is 0. The first-order chi connectivity index (χ1) is 7.39. The molecule has 1 aromatic carbocycles. The Labute approximate surface area is 91.3 Å². The number of carbonyl (C=O) groups is 1. The molecule has 2 nitrogen and oxygen atoms in total. The van der Waals surface area contributed by atoms with Gasteiger partial charge in [-0.05, 0) is 17.7 Å². The summed E-state index contributed by atoms with van der Waals surface area (Å²) in [7, 11) is 0. The van der Waals surface area contributed by atoms with Crippen LogP contribution in [0.1, 0.15) is 18.4 Å². The van der Waals surface area contributed by atoms with Crippen molar-refractivity contribution < 1.29 is 18.0 Å². The Morgan fingerprint density at radius 1 is 1.25 bits per heavy atom. The van der Waals surface area contributed by atoms with Crippen LogP contribution in [0, 0.1) is 5.82 Å². The molecular weight excluding hydrogens is 219 g/mol. The largest absolute Gasteiger partial charge is 0.370 e. The van der Waals surface area contributed by atoms with Gasteiger partial charge >= 0.3 is 0 Å². The summed E-state index contributed by atoms with van der Waals surface area (Å²) in [6.45, 7) is 0. The van der Waals surface area contributed by atoms with Crippen molar-refractivity contribution in [1.29, 1.82) is 0 Å². The van der Waals surface area contributed by atoms with E-state index in [1.54, 1.807) is 0 Å². The van der Waals surface area contributed by atoms with Crippen LogP contribution in [-0.2, 0) is 11.2 Å². The van der Waals surface area contributed by atoms with Crippen LogP contribution in [0.3, 0.4) is 0 Å². The molecular formula is C11H12F3NO. The third-order valence-electron chi connectivity index (χ3n) is 2.11. The lowest BCUT2D eigenvalue weighted by molar-refractivity contribution is -0.120. The fraction of sp³-hybridized carbons (Fsp3) is 0.364. The predicted molar refractivity (Wildman–Crippen MR) is 53.5 cm³/mol. The summed E-state index contributed by atoms with van der Waals surface area (Å²) in [5.74, 6) is -4.21. The van der Waals surface area contributed by atoms with E-state index in [0.29, 0.717) is 5.56 Å². The van der Waals surface area contributed by atoms with Crippen LogP contribution in [-0.4, -0.2) is 11.8 Å². The first-order valence-corrected chi connectivity index (χ1v) is 4.80. The maximum Gasteiger partial charge on any atom is 0.252 e. The lowest BCUT2D eigenvalue weighted by Gasteiger charge is -2.15. The molecule has 0 bridgehead atoms. The molecule has 0 aliphatic carbocycles. The second-order valence-electron chi connectivity index (χ2n) is 3.63. The summed E-state index contributed by atoms with van der Waals surface area (Å²) in [6.07, 6.45) is -1.45. The maximum atomic E-state index is 13.3. The molecule has 2 N–H and O–H groups in total. The van der Waals surface area contributed by atoms with E-state index in [1.165, 1.54) is 12.1 Å². The number of rotatable bonds is 5. The van der Waals surface area contributed by atoms with Crippen molar-refractivity contribution in [2.45, 2.75) is 25.2 Å². The van der Waals surface area contributed by atoms with Crippen LogP contribution in [0.2, 0.25) is 0 Å². The SMILES string of the molecule is NC(=O)CCC(F)(F)Cc1ccc(F)cc1. The van der Waals surface area contributed by atoms with E-state index in [2.05, 4.69) is 0 Å². The highest BCUT2D eigenvalue weighted by Gasteiger charge is 2.29. The molecule has 0 radical (unpaired) electrons. The van der Waals surface area contributed by atoms with Gasteiger partial charge in [-0.2, -0.15) is 0 Å². The second-order valence-corrected chi connectivity index (χ2v) is 3.63. The van der Waals surface area contributed by atoms with Crippen LogP contribution >= 0.6 is 0 Å². The Morgan fingerprint density at radius 2 is 1.81 bits per heavy atom. The maximum absolute atomic E-state index is 13.3. The number of benzene rings is 1. The molecule has 0 spiro atoms. The topological polar surface area (TPSA) is 43.1 Å². The lowest BCUT2D eigenvalue weighted by Crippen LogP contribution is -2.23. The Kier molecular flexibility index (Phi) is 3.93. The van der Waals surface area contributed by atoms with E-state index >= 15 is 0 Å². The number of carbonyl (C=O) groups excluding carboxylic acids is 1. The minimum Gasteiger partial charge on any atom is -0.370 e. The molecule has 5 heteroatoms. The van der Waals surface area contributed by atoms with Gasteiger partial charge in [0.2, 0.25) is 5.91 Å². The van der Waals surface area contributed by atoms with Gasteiger partial charge in [-0.25, -0.2) is 13.2 Å². The highest BCUT2D eigenvalue weighted by molar-refractivity contribution is 5.73. The number of halogens is 3. The molecule has 0 saturated heterocycles. The molecule has 1 aromatic rings. The number of alkyl halides is 2. The number of amides is 1. The van der Waals surface area contributed by atoms with E-state index in [4.69, 9.17) is 5.73 Å². The number of hydrogen-bond acceptors (Lipinski definition) is 1. The minimum absolute atomic E-state index is 0.330. The first kappa shape index (κ1) is 12.5. The zero-order valence-corrected chi connectivity index (χ0v) is 8.55. The third kappa shape index (κ3) is 4.33. The van der Waals surface area contributed by atoms with Crippen LogP contribution in [0.15, 0.2) is 24.3 Å². The quantitative estimate of drug-likeness (QED) is 0.829. The van der Waals surface area contributed by atoms with Crippen LogP contribution in [0.5, 0.6) is 0 Å². The van der Waals surface area contributed by atoms with Crippen molar-refractivity contribution in [2.75, 3.05) is 0 Å². The summed E-state index contributed by atoms with van der Waals surface area (Å²) < 4.78 is 39.1. The molecule has 0 unspecified atom stereocenters. The zero-order chi connectivity index (χ0) is 12.2. The fourth-order valence-corrected chi connectivity index (χ4v) is 1.30. The highest BCUT2D eigenvalue weighted by atomic mass is 19.3. The van der Waals surface area contributed by atoms with E-state index in [0.717, 1.165) is 12.1 Å². The van der Waals surface area contributed by atoms with E-state index < -0.39 is 30.5 Å². The van der Waals surface area contributed by atoms with Gasteiger partial charge in [0.05, 0.1) is 0 Å².